The molecule has 0 saturated carbocycles. The van der Waals surface area contributed by atoms with E-state index in [0.29, 0.717) is 0 Å². The first-order valence-corrected chi connectivity index (χ1v) is 6.63. The number of halogens is 1. The van der Waals surface area contributed by atoms with Gasteiger partial charge in [-0.2, -0.15) is 0 Å². The van der Waals surface area contributed by atoms with Crippen LogP contribution in [-0.4, -0.2) is 25.2 Å². The maximum atomic E-state index is 3.65. The van der Waals surface area contributed by atoms with Crippen LogP contribution in [0.3, 0.4) is 0 Å². The molecule has 0 aliphatic carbocycles. The highest BCUT2D eigenvalue weighted by atomic mass is 79.9. The molecule has 3 heteroatoms. The quantitative estimate of drug-likeness (QED) is 0.852. The van der Waals surface area contributed by atoms with Crippen LogP contribution in [0.4, 0.5) is 5.69 Å². The summed E-state index contributed by atoms with van der Waals surface area (Å²) in [5, 5.41) is 3.47. The summed E-state index contributed by atoms with van der Waals surface area (Å²) in [5.41, 5.74) is 1.52. The molecule has 0 amide bonds. The zero-order valence-corrected chi connectivity index (χ0v) is 11.5. The van der Waals surface area contributed by atoms with Gasteiger partial charge in [0.1, 0.15) is 0 Å². The van der Waals surface area contributed by atoms with Crippen LogP contribution >= 0.6 is 15.9 Å². The molecule has 1 fully saturated rings. The molecule has 88 valence electrons. The number of hydrogen-bond acceptors (Lipinski definition) is 2. The summed E-state index contributed by atoms with van der Waals surface area (Å²) in [7, 11) is 0. The average molecular weight is 283 g/mol. The summed E-state index contributed by atoms with van der Waals surface area (Å²) < 4.78 is 1.19. The van der Waals surface area contributed by atoms with Crippen LogP contribution in [0.1, 0.15) is 20.3 Å². The largest absolute Gasteiger partial charge is 0.364 e. The maximum Gasteiger partial charge on any atom is 0.0515 e. The molecular formula is C13H19BrN2. The number of para-hydroxylation sites is 1. The molecule has 0 unspecified atom stereocenters. The molecule has 1 aliphatic heterocycles. The molecule has 1 saturated heterocycles. The van der Waals surface area contributed by atoms with Gasteiger partial charge in [-0.05, 0) is 54.9 Å². The summed E-state index contributed by atoms with van der Waals surface area (Å²) in [6.45, 7) is 7.87. The van der Waals surface area contributed by atoms with Crippen molar-refractivity contribution < 1.29 is 0 Å². The van der Waals surface area contributed by atoms with Crippen molar-refractivity contribution >= 4 is 21.6 Å². The van der Waals surface area contributed by atoms with E-state index in [4.69, 9.17) is 0 Å². The van der Waals surface area contributed by atoms with Crippen LogP contribution in [0, 0.1) is 0 Å². The van der Waals surface area contributed by atoms with Gasteiger partial charge in [0.2, 0.25) is 0 Å². The van der Waals surface area contributed by atoms with E-state index in [2.05, 4.69) is 64.3 Å². The van der Waals surface area contributed by atoms with Gasteiger partial charge in [0, 0.05) is 23.1 Å². The smallest absolute Gasteiger partial charge is 0.0515 e. The van der Waals surface area contributed by atoms with Crippen molar-refractivity contribution in [1.82, 2.24) is 5.32 Å². The van der Waals surface area contributed by atoms with E-state index < -0.39 is 0 Å². The molecule has 0 spiro atoms. The fraction of sp³-hybridized carbons (Fsp3) is 0.538. The fourth-order valence-corrected chi connectivity index (χ4v) is 2.76. The van der Waals surface area contributed by atoms with Gasteiger partial charge < -0.3 is 10.2 Å². The lowest BCUT2D eigenvalue weighted by atomic mass is 9.98. The Bertz CT molecular complexity index is 363. The first kappa shape index (κ1) is 11.9. The van der Waals surface area contributed by atoms with E-state index in [1.54, 1.807) is 0 Å². The van der Waals surface area contributed by atoms with Gasteiger partial charge in [-0.15, -0.1) is 0 Å². The Morgan fingerprint density at radius 2 is 2.00 bits per heavy atom. The third kappa shape index (κ3) is 2.41. The van der Waals surface area contributed by atoms with Crippen LogP contribution in [0.5, 0.6) is 0 Å². The van der Waals surface area contributed by atoms with Gasteiger partial charge in [-0.3, -0.25) is 0 Å². The van der Waals surface area contributed by atoms with Crippen LogP contribution in [-0.2, 0) is 0 Å². The third-order valence-electron chi connectivity index (χ3n) is 3.30. The molecule has 0 aromatic heterocycles. The fourth-order valence-electron chi connectivity index (χ4n) is 2.26. The zero-order chi connectivity index (χ0) is 11.6. The topological polar surface area (TPSA) is 15.3 Å². The van der Waals surface area contributed by atoms with Crippen molar-refractivity contribution in [3.8, 4) is 0 Å². The van der Waals surface area contributed by atoms with Gasteiger partial charge in [0.25, 0.3) is 0 Å². The second-order valence-electron chi connectivity index (χ2n) is 4.92. The van der Waals surface area contributed by atoms with Crippen molar-refractivity contribution in [2.45, 2.75) is 25.8 Å². The second-order valence-corrected chi connectivity index (χ2v) is 5.77. The first-order chi connectivity index (χ1) is 7.61. The van der Waals surface area contributed by atoms with E-state index >= 15 is 0 Å². The molecule has 1 heterocycles. The molecule has 1 aliphatic rings. The number of anilines is 1. The molecule has 2 nitrogen and oxygen atoms in total. The monoisotopic (exact) mass is 282 g/mol. The summed E-state index contributed by atoms with van der Waals surface area (Å²) in [4.78, 5) is 2.50. The minimum atomic E-state index is 0.216. The lowest BCUT2D eigenvalue weighted by molar-refractivity contribution is 0.453. The van der Waals surface area contributed by atoms with E-state index in [9.17, 15) is 0 Å². The normalized spacial score (nSPS) is 20.6. The van der Waals surface area contributed by atoms with Crippen molar-refractivity contribution in [3.05, 3.63) is 28.7 Å². The molecule has 0 atom stereocenters. The highest BCUT2D eigenvalue weighted by Gasteiger charge is 2.29. The van der Waals surface area contributed by atoms with Crippen LogP contribution in [0.25, 0.3) is 0 Å². The Morgan fingerprint density at radius 3 is 2.75 bits per heavy atom. The molecule has 1 aromatic rings. The third-order valence-corrected chi connectivity index (χ3v) is 3.97. The Hall–Kier alpha value is -0.540. The highest BCUT2D eigenvalue weighted by molar-refractivity contribution is 9.10. The Morgan fingerprint density at radius 1 is 1.25 bits per heavy atom. The molecule has 1 N–H and O–H groups in total. The van der Waals surface area contributed by atoms with E-state index in [1.807, 2.05) is 0 Å². The molecule has 0 bridgehead atoms. The maximum absolute atomic E-state index is 3.65. The Balaban J connectivity index is 2.33. The van der Waals surface area contributed by atoms with Crippen LogP contribution < -0.4 is 10.2 Å². The summed E-state index contributed by atoms with van der Waals surface area (Å²) in [6.07, 6.45) is 1.17. The predicted molar refractivity (Wildman–Crippen MR) is 73.1 cm³/mol. The van der Waals surface area contributed by atoms with Crippen molar-refractivity contribution in [2.75, 3.05) is 24.5 Å². The van der Waals surface area contributed by atoms with Crippen molar-refractivity contribution in [1.29, 1.82) is 0 Å². The van der Waals surface area contributed by atoms with Crippen molar-refractivity contribution in [2.24, 2.45) is 0 Å². The van der Waals surface area contributed by atoms with Gasteiger partial charge in [-0.1, -0.05) is 12.1 Å². The number of hydrogen-bond donors (Lipinski definition) is 1. The van der Waals surface area contributed by atoms with Gasteiger partial charge in [0.15, 0.2) is 0 Å². The number of benzene rings is 1. The minimum Gasteiger partial charge on any atom is -0.364 e. The van der Waals surface area contributed by atoms with Gasteiger partial charge in [0.05, 0.1) is 5.69 Å². The highest BCUT2D eigenvalue weighted by Crippen LogP contribution is 2.32. The summed E-state index contributed by atoms with van der Waals surface area (Å²) in [6, 6.07) is 8.48. The predicted octanol–water partition coefficient (Wildman–Crippen LogP) is 3.03. The lowest BCUT2D eigenvalue weighted by Gasteiger charge is -2.39. The van der Waals surface area contributed by atoms with Gasteiger partial charge >= 0.3 is 0 Å². The lowest BCUT2D eigenvalue weighted by Crippen LogP contribution is -2.44. The Labute approximate surface area is 106 Å². The summed E-state index contributed by atoms with van der Waals surface area (Å²) >= 11 is 3.65. The molecule has 1 aromatic carbocycles. The molecule has 2 rings (SSSR count). The van der Waals surface area contributed by atoms with Crippen molar-refractivity contribution in [3.63, 3.8) is 0 Å². The van der Waals surface area contributed by atoms with E-state index in [-0.39, 0.29) is 5.54 Å². The number of rotatable bonds is 1. The second kappa shape index (κ2) is 4.76. The van der Waals surface area contributed by atoms with Crippen LogP contribution in [0.15, 0.2) is 28.7 Å². The molecule has 16 heavy (non-hydrogen) atoms. The van der Waals surface area contributed by atoms with E-state index in [0.717, 1.165) is 19.6 Å². The summed E-state index contributed by atoms with van der Waals surface area (Å²) in [5.74, 6) is 0. The zero-order valence-electron chi connectivity index (χ0n) is 9.96. The minimum absolute atomic E-state index is 0.216. The number of nitrogens with zero attached hydrogens (tertiary/aromatic N) is 1. The van der Waals surface area contributed by atoms with Crippen LogP contribution in [0.2, 0.25) is 0 Å². The Kier molecular flexibility index (Phi) is 3.55. The molecular weight excluding hydrogens is 264 g/mol. The standard InChI is InChI=1S/C13H19BrN2/c1-13(2)7-8-15-9-10-16(13)12-6-4-3-5-11(12)14/h3-6,15H,7-10H2,1-2H3. The first-order valence-electron chi connectivity index (χ1n) is 5.84. The molecule has 0 radical (unpaired) electrons. The average Bonchev–Trinajstić information content (AvgIpc) is 2.40. The number of nitrogens with one attached hydrogen (secondary N) is 1. The van der Waals surface area contributed by atoms with Gasteiger partial charge in [-0.25, -0.2) is 0 Å². The SMILES string of the molecule is CC1(C)CCNCCN1c1ccccc1Br. The van der Waals surface area contributed by atoms with E-state index in [1.165, 1.54) is 16.6 Å².